The molecule has 3 nitrogen and oxygen atoms in total. The van der Waals surface area contributed by atoms with Gasteiger partial charge in [0.05, 0.1) is 11.1 Å². The highest BCUT2D eigenvalue weighted by Crippen LogP contribution is 2.36. The van der Waals surface area contributed by atoms with E-state index in [9.17, 15) is 9.90 Å². The molecule has 0 aliphatic heterocycles. The number of para-hydroxylation sites is 1. The summed E-state index contributed by atoms with van der Waals surface area (Å²) in [4.78, 5) is 16.4. The molecule has 4 heteroatoms. The molecule has 98 valence electrons. The third-order valence-electron chi connectivity index (χ3n) is 3.84. The van der Waals surface area contributed by atoms with Crippen LogP contribution in [0, 0.1) is 0 Å². The average molecular weight is 320 g/mol. The summed E-state index contributed by atoms with van der Waals surface area (Å²) in [6.45, 7) is 2.12. The lowest BCUT2D eigenvalue weighted by molar-refractivity contribution is 0.0697. The van der Waals surface area contributed by atoms with Crippen LogP contribution in [0.3, 0.4) is 0 Å². The van der Waals surface area contributed by atoms with Gasteiger partial charge in [0.2, 0.25) is 0 Å². The van der Waals surface area contributed by atoms with Crippen LogP contribution in [0.2, 0.25) is 0 Å². The van der Waals surface area contributed by atoms with Gasteiger partial charge in [-0.15, -0.1) is 0 Å². The van der Waals surface area contributed by atoms with Gasteiger partial charge in [-0.1, -0.05) is 19.1 Å². The largest absolute Gasteiger partial charge is 0.478 e. The molecule has 1 aliphatic rings. The maximum absolute atomic E-state index is 11.7. The molecule has 0 fully saturated rings. The van der Waals surface area contributed by atoms with Crippen LogP contribution in [0.1, 0.15) is 47.3 Å². The molecule has 0 amide bonds. The number of aromatic nitrogens is 1. The number of carboxylic acid groups (broad SMARTS) is 1. The van der Waals surface area contributed by atoms with Crippen molar-refractivity contribution in [2.45, 2.75) is 32.1 Å². The minimum absolute atomic E-state index is 0.332. The molecule has 1 aromatic carbocycles. The second-order valence-electron chi connectivity index (χ2n) is 5.09. The first-order valence-electron chi connectivity index (χ1n) is 6.44. The van der Waals surface area contributed by atoms with Crippen molar-refractivity contribution >= 4 is 32.8 Å². The Kier molecular flexibility index (Phi) is 3.05. The third kappa shape index (κ3) is 1.94. The lowest BCUT2D eigenvalue weighted by atomic mass is 9.84. The maximum atomic E-state index is 11.7. The van der Waals surface area contributed by atoms with E-state index in [-0.39, 0.29) is 0 Å². The van der Waals surface area contributed by atoms with E-state index in [2.05, 4.69) is 22.9 Å². The van der Waals surface area contributed by atoms with E-state index in [0.29, 0.717) is 11.5 Å². The molecule has 1 N–H and O–H groups in total. The Morgan fingerprint density at radius 3 is 3.00 bits per heavy atom. The van der Waals surface area contributed by atoms with Gasteiger partial charge >= 0.3 is 5.97 Å². The van der Waals surface area contributed by atoms with Crippen LogP contribution in [-0.4, -0.2) is 16.1 Å². The smallest absolute Gasteiger partial charge is 0.336 e. The number of nitrogens with zero attached hydrogens (tertiary/aromatic N) is 1. The molecule has 3 rings (SSSR count). The zero-order valence-electron chi connectivity index (χ0n) is 10.6. The fraction of sp³-hybridized carbons (Fsp3) is 0.333. The summed E-state index contributed by atoms with van der Waals surface area (Å²) in [5.74, 6) is -0.519. The molecular formula is C15H14BrNO2. The van der Waals surface area contributed by atoms with Crippen molar-refractivity contribution in [1.29, 1.82) is 0 Å². The van der Waals surface area contributed by atoms with E-state index in [1.807, 2.05) is 18.2 Å². The van der Waals surface area contributed by atoms with Crippen LogP contribution >= 0.6 is 15.9 Å². The molecule has 1 atom stereocenters. The standard InChI is InChI=1S/C15H14BrNO2/c1-8-4-2-5-9-12(15(18)19)10-6-3-7-11(16)14(10)17-13(8)9/h3,6-8H,2,4-5H2,1H3,(H,18,19). The summed E-state index contributed by atoms with van der Waals surface area (Å²) in [6.07, 6.45) is 2.93. The van der Waals surface area contributed by atoms with Gasteiger partial charge in [0.25, 0.3) is 0 Å². The minimum atomic E-state index is -0.851. The Labute approximate surface area is 119 Å². The second kappa shape index (κ2) is 4.60. The first-order valence-corrected chi connectivity index (χ1v) is 7.23. The molecule has 1 unspecified atom stereocenters. The van der Waals surface area contributed by atoms with E-state index in [1.165, 1.54) is 0 Å². The topological polar surface area (TPSA) is 50.2 Å². The van der Waals surface area contributed by atoms with Crippen LogP contribution in [0.4, 0.5) is 0 Å². The number of benzene rings is 1. The fourth-order valence-corrected chi connectivity index (χ4v) is 3.39. The Hall–Kier alpha value is -1.42. The Morgan fingerprint density at radius 2 is 2.26 bits per heavy atom. The molecule has 0 saturated heterocycles. The van der Waals surface area contributed by atoms with E-state index in [0.717, 1.165) is 45.9 Å². The summed E-state index contributed by atoms with van der Waals surface area (Å²) in [5, 5.41) is 10.3. The van der Waals surface area contributed by atoms with E-state index < -0.39 is 5.97 Å². The van der Waals surface area contributed by atoms with Gasteiger partial charge in [-0.25, -0.2) is 4.79 Å². The molecule has 0 radical (unpaired) electrons. The number of aromatic carboxylic acids is 1. The highest BCUT2D eigenvalue weighted by atomic mass is 79.9. The van der Waals surface area contributed by atoms with Crippen molar-refractivity contribution in [3.05, 3.63) is 39.5 Å². The average Bonchev–Trinajstić information content (AvgIpc) is 2.37. The van der Waals surface area contributed by atoms with Crippen LogP contribution < -0.4 is 0 Å². The number of carbonyl (C=O) groups is 1. The van der Waals surface area contributed by atoms with Crippen LogP contribution in [0.5, 0.6) is 0 Å². The fourth-order valence-electron chi connectivity index (χ4n) is 2.94. The SMILES string of the molecule is CC1CCCc2c1nc1c(Br)cccc1c2C(=O)O. The van der Waals surface area contributed by atoms with Crippen molar-refractivity contribution in [3.8, 4) is 0 Å². The predicted octanol–water partition coefficient (Wildman–Crippen LogP) is 4.14. The first kappa shape index (κ1) is 12.6. The highest BCUT2D eigenvalue weighted by Gasteiger charge is 2.26. The van der Waals surface area contributed by atoms with Gasteiger partial charge in [0.15, 0.2) is 0 Å². The number of pyridine rings is 1. The van der Waals surface area contributed by atoms with Crippen LogP contribution in [0.25, 0.3) is 10.9 Å². The maximum Gasteiger partial charge on any atom is 0.336 e. The van der Waals surface area contributed by atoms with Gasteiger partial charge in [-0.2, -0.15) is 0 Å². The third-order valence-corrected chi connectivity index (χ3v) is 4.48. The van der Waals surface area contributed by atoms with Crippen molar-refractivity contribution in [1.82, 2.24) is 4.98 Å². The summed E-state index contributed by atoms with van der Waals surface area (Å²) in [5.41, 5.74) is 3.08. The number of carboxylic acids is 1. The van der Waals surface area contributed by atoms with Gasteiger partial charge in [0, 0.05) is 15.6 Å². The first-order chi connectivity index (χ1) is 9.09. The zero-order valence-corrected chi connectivity index (χ0v) is 12.2. The molecule has 0 saturated carbocycles. The van der Waals surface area contributed by atoms with Gasteiger partial charge in [-0.05, 0) is 52.7 Å². The molecule has 1 aromatic heterocycles. The lowest BCUT2D eigenvalue weighted by Gasteiger charge is -2.24. The molecule has 0 spiro atoms. The summed E-state index contributed by atoms with van der Waals surface area (Å²) in [6, 6.07) is 5.61. The number of rotatable bonds is 1. The van der Waals surface area contributed by atoms with Crippen molar-refractivity contribution in [2.75, 3.05) is 0 Å². The molecule has 1 aliphatic carbocycles. The van der Waals surface area contributed by atoms with Crippen molar-refractivity contribution in [3.63, 3.8) is 0 Å². The molecule has 2 aromatic rings. The van der Waals surface area contributed by atoms with Crippen molar-refractivity contribution in [2.24, 2.45) is 0 Å². The molecular weight excluding hydrogens is 306 g/mol. The van der Waals surface area contributed by atoms with E-state index >= 15 is 0 Å². The minimum Gasteiger partial charge on any atom is -0.478 e. The van der Waals surface area contributed by atoms with Crippen molar-refractivity contribution < 1.29 is 9.90 Å². The van der Waals surface area contributed by atoms with E-state index in [4.69, 9.17) is 4.98 Å². The molecule has 0 bridgehead atoms. The lowest BCUT2D eigenvalue weighted by Crippen LogP contribution is -2.15. The number of fused-ring (bicyclic) bond motifs is 2. The molecule has 19 heavy (non-hydrogen) atoms. The Bertz CT molecular complexity index is 681. The molecule has 1 heterocycles. The summed E-state index contributed by atoms with van der Waals surface area (Å²) in [7, 11) is 0. The Balaban J connectivity index is 2.45. The Morgan fingerprint density at radius 1 is 1.47 bits per heavy atom. The van der Waals surface area contributed by atoms with Gasteiger partial charge in [0.1, 0.15) is 0 Å². The highest BCUT2D eigenvalue weighted by molar-refractivity contribution is 9.10. The summed E-state index contributed by atoms with van der Waals surface area (Å²) < 4.78 is 0.855. The van der Waals surface area contributed by atoms with E-state index in [1.54, 1.807) is 0 Å². The summed E-state index contributed by atoms with van der Waals surface area (Å²) >= 11 is 3.47. The monoisotopic (exact) mass is 319 g/mol. The van der Waals surface area contributed by atoms with Crippen LogP contribution in [-0.2, 0) is 6.42 Å². The number of hydrogen-bond donors (Lipinski definition) is 1. The number of hydrogen-bond acceptors (Lipinski definition) is 2. The zero-order chi connectivity index (χ0) is 13.6. The second-order valence-corrected chi connectivity index (χ2v) is 5.94. The normalized spacial score (nSPS) is 18.3. The predicted molar refractivity (Wildman–Crippen MR) is 77.8 cm³/mol. The number of halogens is 1. The van der Waals surface area contributed by atoms with Crippen LogP contribution in [0.15, 0.2) is 22.7 Å². The van der Waals surface area contributed by atoms with Gasteiger partial charge in [-0.3, -0.25) is 4.98 Å². The van der Waals surface area contributed by atoms with Gasteiger partial charge < -0.3 is 5.11 Å². The quantitative estimate of drug-likeness (QED) is 0.859.